The second kappa shape index (κ2) is 7.88. The lowest BCUT2D eigenvalue weighted by Crippen LogP contribution is -2.44. The number of rotatable bonds is 4. The summed E-state index contributed by atoms with van der Waals surface area (Å²) >= 11 is 0. The van der Waals surface area contributed by atoms with E-state index in [-0.39, 0.29) is 6.03 Å². The van der Waals surface area contributed by atoms with Crippen molar-refractivity contribution in [1.29, 1.82) is 0 Å². The van der Waals surface area contributed by atoms with E-state index >= 15 is 0 Å². The summed E-state index contributed by atoms with van der Waals surface area (Å²) in [7, 11) is 1.54. The fraction of sp³-hybridized carbons (Fsp3) is 0.368. The van der Waals surface area contributed by atoms with Crippen LogP contribution in [0, 0.1) is 6.92 Å². The molecule has 2 heterocycles. The zero-order valence-corrected chi connectivity index (χ0v) is 14.7. The third kappa shape index (κ3) is 4.21. The minimum absolute atomic E-state index is 0.111. The molecule has 6 nitrogen and oxygen atoms in total. The van der Waals surface area contributed by atoms with Gasteiger partial charge in [0, 0.05) is 31.0 Å². The summed E-state index contributed by atoms with van der Waals surface area (Å²) in [5.74, 6) is 0.423. The predicted molar refractivity (Wildman–Crippen MR) is 99.2 cm³/mol. The molecule has 0 atom stereocenters. The Labute approximate surface area is 148 Å². The van der Waals surface area contributed by atoms with Gasteiger partial charge in [-0.05, 0) is 43.5 Å². The number of likely N-dealkylation sites (tertiary alicyclic amines) is 1. The molecule has 6 heteroatoms. The Morgan fingerprint density at radius 3 is 2.60 bits per heavy atom. The number of para-hydroxylation sites is 1. The van der Waals surface area contributed by atoms with Crippen LogP contribution in [0.3, 0.4) is 0 Å². The van der Waals surface area contributed by atoms with E-state index in [1.54, 1.807) is 25.4 Å². The number of hydrogen-bond acceptors (Lipinski definition) is 4. The maximum atomic E-state index is 12.5. The number of carbonyl (C=O) groups is 1. The summed E-state index contributed by atoms with van der Waals surface area (Å²) in [6.45, 7) is 3.54. The highest BCUT2D eigenvalue weighted by Crippen LogP contribution is 2.22. The number of urea groups is 1. The van der Waals surface area contributed by atoms with E-state index in [1.807, 2.05) is 17.0 Å². The number of nitrogens with zero attached hydrogens (tertiary/aromatic N) is 2. The average molecular weight is 340 g/mol. The lowest BCUT2D eigenvalue weighted by molar-refractivity contribution is 0.197. The van der Waals surface area contributed by atoms with Crippen LogP contribution >= 0.6 is 0 Å². The maximum Gasteiger partial charge on any atom is 0.321 e. The van der Waals surface area contributed by atoms with Crippen molar-refractivity contribution < 1.29 is 9.53 Å². The molecular formula is C19H24N4O2. The monoisotopic (exact) mass is 340 g/mol. The van der Waals surface area contributed by atoms with Crippen LogP contribution in [0.4, 0.5) is 16.2 Å². The minimum atomic E-state index is -0.111. The third-order valence-electron chi connectivity index (χ3n) is 4.49. The first-order valence-corrected chi connectivity index (χ1v) is 8.54. The van der Waals surface area contributed by atoms with Crippen molar-refractivity contribution in [2.75, 3.05) is 30.8 Å². The molecule has 0 saturated carbocycles. The molecule has 1 aliphatic rings. The highest BCUT2D eigenvalue weighted by Gasteiger charge is 2.23. The van der Waals surface area contributed by atoms with Crippen LogP contribution in [0.2, 0.25) is 0 Å². The zero-order chi connectivity index (χ0) is 17.6. The van der Waals surface area contributed by atoms with E-state index in [2.05, 4.69) is 34.7 Å². The molecule has 132 valence electrons. The van der Waals surface area contributed by atoms with E-state index in [0.717, 1.165) is 25.9 Å². The Hall–Kier alpha value is -2.76. The lowest BCUT2D eigenvalue weighted by atomic mass is 10.0. The number of hydrogen-bond donors (Lipinski definition) is 2. The minimum Gasteiger partial charge on any atom is -0.480 e. The molecule has 2 amide bonds. The van der Waals surface area contributed by atoms with Crippen LogP contribution in [0.25, 0.3) is 0 Å². The van der Waals surface area contributed by atoms with Crippen molar-refractivity contribution in [1.82, 2.24) is 9.88 Å². The van der Waals surface area contributed by atoms with Gasteiger partial charge in [-0.2, -0.15) is 0 Å². The van der Waals surface area contributed by atoms with Gasteiger partial charge in [0.15, 0.2) is 0 Å². The molecule has 2 N–H and O–H groups in total. The second-order valence-electron chi connectivity index (χ2n) is 6.21. The molecule has 0 radical (unpaired) electrons. The number of carbonyl (C=O) groups excluding carboxylic acids is 1. The third-order valence-corrected chi connectivity index (χ3v) is 4.49. The molecule has 0 aliphatic carbocycles. The normalized spacial score (nSPS) is 14.9. The maximum absolute atomic E-state index is 12.5. The molecule has 1 fully saturated rings. The molecule has 1 saturated heterocycles. The first-order valence-electron chi connectivity index (χ1n) is 8.54. The molecule has 2 aromatic rings. The van der Waals surface area contributed by atoms with Crippen molar-refractivity contribution in [2.45, 2.75) is 25.8 Å². The summed E-state index contributed by atoms with van der Waals surface area (Å²) in [4.78, 5) is 18.4. The molecule has 1 aliphatic heterocycles. The zero-order valence-electron chi connectivity index (χ0n) is 14.7. The van der Waals surface area contributed by atoms with Crippen LogP contribution in [0.15, 0.2) is 42.6 Å². The number of benzene rings is 1. The van der Waals surface area contributed by atoms with Gasteiger partial charge in [-0.1, -0.05) is 18.2 Å². The molecule has 1 aromatic heterocycles. The van der Waals surface area contributed by atoms with Crippen LogP contribution in [-0.4, -0.2) is 42.2 Å². The highest BCUT2D eigenvalue weighted by atomic mass is 16.5. The largest absolute Gasteiger partial charge is 0.480 e. The summed E-state index contributed by atoms with van der Waals surface area (Å²) in [5, 5.41) is 6.47. The van der Waals surface area contributed by atoms with Gasteiger partial charge in [0.25, 0.3) is 0 Å². The Morgan fingerprint density at radius 2 is 1.88 bits per heavy atom. The van der Waals surface area contributed by atoms with Crippen LogP contribution < -0.4 is 15.4 Å². The number of pyridine rings is 1. The van der Waals surface area contributed by atoms with Crippen molar-refractivity contribution >= 4 is 17.4 Å². The molecule has 1 aromatic carbocycles. The van der Waals surface area contributed by atoms with Gasteiger partial charge in [-0.25, -0.2) is 9.78 Å². The Morgan fingerprint density at radius 1 is 1.16 bits per heavy atom. The van der Waals surface area contributed by atoms with Gasteiger partial charge in [0.2, 0.25) is 5.88 Å². The van der Waals surface area contributed by atoms with E-state index in [4.69, 9.17) is 4.74 Å². The van der Waals surface area contributed by atoms with Crippen molar-refractivity contribution in [2.24, 2.45) is 0 Å². The van der Waals surface area contributed by atoms with Crippen molar-refractivity contribution in [3.8, 4) is 5.88 Å². The molecular weight excluding hydrogens is 316 g/mol. The molecule has 0 unspecified atom stereocenters. The highest BCUT2D eigenvalue weighted by molar-refractivity contribution is 5.90. The number of nitrogens with one attached hydrogen (secondary N) is 2. The fourth-order valence-corrected chi connectivity index (χ4v) is 3.02. The van der Waals surface area contributed by atoms with Gasteiger partial charge in [-0.3, -0.25) is 0 Å². The summed E-state index contributed by atoms with van der Waals surface area (Å²) < 4.78 is 5.17. The number of aromatic nitrogens is 1. The number of piperidine rings is 1. The average Bonchev–Trinajstić information content (AvgIpc) is 2.64. The van der Waals surface area contributed by atoms with Crippen LogP contribution in [-0.2, 0) is 0 Å². The summed E-state index contributed by atoms with van der Waals surface area (Å²) in [6, 6.07) is 12.1. The van der Waals surface area contributed by atoms with E-state index in [1.165, 1.54) is 11.3 Å². The molecule has 3 rings (SSSR count). The van der Waals surface area contributed by atoms with Crippen LogP contribution in [0.1, 0.15) is 18.4 Å². The van der Waals surface area contributed by atoms with E-state index in [9.17, 15) is 4.79 Å². The summed E-state index contributed by atoms with van der Waals surface area (Å²) in [5.41, 5.74) is 3.01. The second-order valence-corrected chi connectivity index (χ2v) is 6.21. The molecule has 0 spiro atoms. The Balaban J connectivity index is 1.53. The number of anilines is 2. The topological polar surface area (TPSA) is 66.5 Å². The molecule has 0 bridgehead atoms. The van der Waals surface area contributed by atoms with E-state index in [0.29, 0.717) is 17.6 Å². The lowest BCUT2D eigenvalue weighted by Gasteiger charge is -2.33. The van der Waals surface area contributed by atoms with Gasteiger partial charge in [-0.15, -0.1) is 0 Å². The Kier molecular flexibility index (Phi) is 5.38. The van der Waals surface area contributed by atoms with E-state index < -0.39 is 0 Å². The van der Waals surface area contributed by atoms with Crippen molar-refractivity contribution in [3.63, 3.8) is 0 Å². The predicted octanol–water partition coefficient (Wildman–Crippen LogP) is 3.51. The summed E-state index contributed by atoms with van der Waals surface area (Å²) in [6.07, 6.45) is 3.48. The number of aryl methyl sites for hydroxylation is 1. The smallest absolute Gasteiger partial charge is 0.321 e. The van der Waals surface area contributed by atoms with Gasteiger partial charge < -0.3 is 20.3 Å². The fourth-order valence-electron chi connectivity index (χ4n) is 3.02. The van der Waals surface area contributed by atoms with Gasteiger partial charge in [0.05, 0.1) is 7.11 Å². The number of methoxy groups -OCH3 is 1. The van der Waals surface area contributed by atoms with Crippen molar-refractivity contribution in [3.05, 3.63) is 48.2 Å². The van der Waals surface area contributed by atoms with Crippen LogP contribution in [0.5, 0.6) is 5.88 Å². The molecule has 25 heavy (non-hydrogen) atoms. The standard InChI is InChI=1S/C19H24N4O2/c1-14-6-3-4-7-16(14)21-15-9-12-23(13-10-15)19(24)22-17-8-5-11-20-18(17)25-2/h3-8,11,15,21H,9-10,12-13H2,1-2H3,(H,22,24). The SMILES string of the molecule is COc1ncccc1NC(=O)N1CCC(Nc2ccccc2C)CC1. The number of amides is 2. The first kappa shape index (κ1) is 17.1. The Bertz CT molecular complexity index is 727. The van der Waals surface area contributed by atoms with Gasteiger partial charge in [0.1, 0.15) is 5.69 Å². The van der Waals surface area contributed by atoms with Gasteiger partial charge >= 0.3 is 6.03 Å². The first-order chi connectivity index (χ1) is 12.2. The quantitative estimate of drug-likeness (QED) is 0.894. The number of ether oxygens (including phenoxy) is 1.